The molecule has 1 aromatic carbocycles. The van der Waals surface area contributed by atoms with Crippen molar-refractivity contribution < 1.29 is 4.79 Å². The first-order valence-corrected chi connectivity index (χ1v) is 8.51. The Morgan fingerprint density at radius 3 is 2.96 bits per heavy atom. The van der Waals surface area contributed by atoms with Gasteiger partial charge in [0.05, 0.1) is 6.42 Å². The van der Waals surface area contributed by atoms with Gasteiger partial charge in [-0.1, -0.05) is 18.2 Å². The second-order valence-electron chi connectivity index (χ2n) is 6.31. The van der Waals surface area contributed by atoms with Crippen LogP contribution in [0.25, 0.3) is 5.78 Å². The molecule has 25 heavy (non-hydrogen) atoms. The molecular weight excluding hydrogens is 316 g/mol. The van der Waals surface area contributed by atoms with Gasteiger partial charge in [-0.15, -0.1) is 5.10 Å². The van der Waals surface area contributed by atoms with E-state index in [1.807, 2.05) is 6.07 Å². The summed E-state index contributed by atoms with van der Waals surface area (Å²) in [5, 5.41) is 7.27. The zero-order chi connectivity index (χ0) is 17.1. The summed E-state index contributed by atoms with van der Waals surface area (Å²) in [5.41, 5.74) is 1.25. The van der Waals surface area contributed by atoms with E-state index in [1.54, 1.807) is 23.0 Å². The summed E-state index contributed by atoms with van der Waals surface area (Å²) in [4.78, 5) is 22.9. The minimum absolute atomic E-state index is 0.0472. The number of nitrogens with zero attached hydrogens (tertiary/aromatic N) is 5. The van der Waals surface area contributed by atoms with Crippen LogP contribution in [0.15, 0.2) is 48.8 Å². The number of hydrogen-bond acceptors (Lipinski definition) is 5. The molecule has 7 heteroatoms. The van der Waals surface area contributed by atoms with Gasteiger partial charge in [-0.3, -0.25) is 4.79 Å². The number of carbonyl (C=O) groups is 1. The fourth-order valence-electron chi connectivity index (χ4n) is 3.19. The van der Waals surface area contributed by atoms with Crippen molar-refractivity contribution in [3.05, 3.63) is 54.6 Å². The summed E-state index contributed by atoms with van der Waals surface area (Å²) in [6.07, 6.45) is 4.70. The summed E-state index contributed by atoms with van der Waals surface area (Å²) >= 11 is 0. The Balaban J connectivity index is 1.28. The number of nitrogens with one attached hydrogen (secondary N) is 1. The normalized spacial score (nSPS) is 17.1. The molecule has 2 aromatic heterocycles. The number of carbonyl (C=O) groups excluding carboxylic acids is 1. The van der Waals surface area contributed by atoms with Gasteiger partial charge in [0.2, 0.25) is 5.91 Å². The Morgan fingerprint density at radius 1 is 1.24 bits per heavy atom. The molecule has 1 N–H and O–H groups in total. The first kappa shape index (κ1) is 15.6. The number of anilines is 1. The number of aromatic nitrogens is 4. The van der Waals surface area contributed by atoms with E-state index in [0.717, 1.165) is 19.5 Å². The predicted octanol–water partition coefficient (Wildman–Crippen LogP) is 1.31. The Bertz CT molecular complexity index is 829. The van der Waals surface area contributed by atoms with Crippen LogP contribution in [0.4, 0.5) is 5.69 Å². The molecule has 0 bridgehead atoms. The average Bonchev–Trinajstić information content (AvgIpc) is 3.27. The SMILES string of the molecule is O=C(Cc1nc2ncccn2n1)NC[C@H]1CCN(c2ccccc2)C1. The van der Waals surface area contributed by atoms with E-state index < -0.39 is 0 Å². The van der Waals surface area contributed by atoms with Crippen LogP contribution in [-0.4, -0.2) is 45.1 Å². The van der Waals surface area contributed by atoms with Crippen LogP contribution < -0.4 is 10.2 Å². The molecule has 0 unspecified atom stereocenters. The zero-order valence-corrected chi connectivity index (χ0v) is 13.9. The summed E-state index contributed by atoms with van der Waals surface area (Å²) in [6, 6.07) is 12.2. The number of rotatable bonds is 5. The number of para-hydroxylation sites is 1. The number of hydrogen-bond donors (Lipinski definition) is 1. The second-order valence-corrected chi connectivity index (χ2v) is 6.31. The van der Waals surface area contributed by atoms with Crippen LogP contribution in [-0.2, 0) is 11.2 Å². The Labute approximate surface area is 145 Å². The van der Waals surface area contributed by atoms with E-state index in [1.165, 1.54) is 5.69 Å². The smallest absolute Gasteiger partial charge is 0.252 e. The molecule has 0 spiro atoms. The minimum Gasteiger partial charge on any atom is -0.371 e. The standard InChI is InChI=1S/C18H20N6O/c25-17(11-16-21-18-19-8-4-9-24(18)22-16)20-12-14-7-10-23(13-14)15-5-2-1-3-6-15/h1-6,8-9,14H,7,10-13H2,(H,20,25)/t14-/m1/s1. The zero-order valence-electron chi connectivity index (χ0n) is 13.9. The third kappa shape index (κ3) is 3.60. The van der Waals surface area contributed by atoms with E-state index >= 15 is 0 Å². The van der Waals surface area contributed by atoms with Crippen molar-refractivity contribution in [1.82, 2.24) is 24.9 Å². The first-order valence-electron chi connectivity index (χ1n) is 8.51. The van der Waals surface area contributed by atoms with Gasteiger partial charge in [0.15, 0.2) is 5.82 Å². The fourth-order valence-corrected chi connectivity index (χ4v) is 3.19. The Kier molecular flexibility index (Phi) is 4.28. The molecule has 1 aliphatic rings. The Hall–Kier alpha value is -2.96. The lowest BCUT2D eigenvalue weighted by Crippen LogP contribution is -2.32. The van der Waals surface area contributed by atoms with Gasteiger partial charge >= 0.3 is 0 Å². The van der Waals surface area contributed by atoms with E-state index in [0.29, 0.717) is 24.1 Å². The van der Waals surface area contributed by atoms with Gasteiger partial charge in [-0.05, 0) is 30.5 Å². The topological polar surface area (TPSA) is 75.4 Å². The number of benzene rings is 1. The molecule has 0 saturated carbocycles. The molecule has 1 saturated heterocycles. The van der Waals surface area contributed by atoms with Crippen molar-refractivity contribution in [3.8, 4) is 0 Å². The molecule has 3 aromatic rings. The molecule has 1 aliphatic heterocycles. The first-order chi connectivity index (χ1) is 12.3. The molecule has 1 amide bonds. The predicted molar refractivity (Wildman–Crippen MR) is 94.3 cm³/mol. The molecule has 0 aliphatic carbocycles. The van der Waals surface area contributed by atoms with Crippen molar-refractivity contribution in [2.75, 3.05) is 24.5 Å². The van der Waals surface area contributed by atoms with Crippen LogP contribution in [0.5, 0.6) is 0 Å². The van der Waals surface area contributed by atoms with E-state index in [9.17, 15) is 4.79 Å². The van der Waals surface area contributed by atoms with Crippen molar-refractivity contribution >= 4 is 17.4 Å². The highest BCUT2D eigenvalue weighted by atomic mass is 16.1. The van der Waals surface area contributed by atoms with Crippen molar-refractivity contribution in [1.29, 1.82) is 0 Å². The van der Waals surface area contributed by atoms with Gasteiger partial charge in [-0.2, -0.15) is 4.98 Å². The van der Waals surface area contributed by atoms with Crippen molar-refractivity contribution in [2.24, 2.45) is 5.92 Å². The molecule has 1 fully saturated rings. The summed E-state index contributed by atoms with van der Waals surface area (Å²) in [5.74, 6) is 1.43. The second kappa shape index (κ2) is 6.88. The van der Waals surface area contributed by atoms with E-state index in [4.69, 9.17) is 0 Å². The van der Waals surface area contributed by atoms with Crippen LogP contribution in [0.1, 0.15) is 12.2 Å². The van der Waals surface area contributed by atoms with E-state index in [2.05, 4.69) is 49.5 Å². The monoisotopic (exact) mass is 336 g/mol. The van der Waals surface area contributed by atoms with Crippen molar-refractivity contribution in [3.63, 3.8) is 0 Å². The average molecular weight is 336 g/mol. The maximum atomic E-state index is 12.2. The third-order valence-electron chi connectivity index (χ3n) is 4.47. The highest BCUT2D eigenvalue weighted by Gasteiger charge is 2.23. The Morgan fingerprint density at radius 2 is 2.12 bits per heavy atom. The quantitative estimate of drug-likeness (QED) is 0.760. The molecule has 1 atom stereocenters. The fraction of sp³-hybridized carbons (Fsp3) is 0.333. The molecule has 4 rings (SSSR count). The summed E-state index contributed by atoms with van der Waals surface area (Å²) in [7, 11) is 0. The maximum absolute atomic E-state index is 12.2. The highest BCUT2D eigenvalue weighted by Crippen LogP contribution is 2.22. The largest absolute Gasteiger partial charge is 0.371 e. The molecule has 0 radical (unpaired) electrons. The lowest BCUT2D eigenvalue weighted by Gasteiger charge is -2.18. The van der Waals surface area contributed by atoms with Gasteiger partial charge in [-0.25, -0.2) is 9.50 Å². The number of fused-ring (bicyclic) bond motifs is 1. The van der Waals surface area contributed by atoms with Gasteiger partial charge < -0.3 is 10.2 Å². The maximum Gasteiger partial charge on any atom is 0.252 e. The third-order valence-corrected chi connectivity index (χ3v) is 4.47. The van der Waals surface area contributed by atoms with Gasteiger partial charge in [0, 0.05) is 37.7 Å². The summed E-state index contributed by atoms with van der Waals surface area (Å²) < 4.78 is 1.58. The van der Waals surface area contributed by atoms with Crippen molar-refractivity contribution in [2.45, 2.75) is 12.8 Å². The molecule has 3 heterocycles. The molecule has 128 valence electrons. The molecule has 7 nitrogen and oxygen atoms in total. The number of amides is 1. The van der Waals surface area contributed by atoms with Crippen LogP contribution in [0.3, 0.4) is 0 Å². The van der Waals surface area contributed by atoms with Crippen LogP contribution >= 0.6 is 0 Å². The summed E-state index contributed by atoms with van der Waals surface area (Å²) in [6.45, 7) is 2.69. The lowest BCUT2D eigenvalue weighted by molar-refractivity contribution is -0.120. The lowest BCUT2D eigenvalue weighted by atomic mass is 10.1. The molecular formula is C18H20N6O. The van der Waals surface area contributed by atoms with Crippen LogP contribution in [0, 0.1) is 5.92 Å². The minimum atomic E-state index is -0.0472. The van der Waals surface area contributed by atoms with E-state index in [-0.39, 0.29) is 12.3 Å². The highest BCUT2D eigenvalue weighted by molar-refractivity contribution is 5.77. The van der Waals surface area contributed by atoms with Gasteiger partial charge in [0.25, 0.3) is 5.78 Å². The van der Waals surface area contributed by atoms with Gasteiger partial charge in [0.1, 0.15) is 0 Å². The van der Waals surface area contributed by atoms with Crippen LogP contribution in [0.2, 0.25) is 0 Å².